The lowest BCUT2D eigenvalue weighted by atomic mass is 10.0. The van der Waals surface area contributed by atoms with Crippen LogP contribution in [0.5, 0.6) is 11.6 Å². The molecule has 0 bridgehead atoms. The van der Waals surface area contributed by atoms with Crippen LogP contribution in [-0.4, -0.2) is 16.0 Å². The van der Waals surface area contributed by atoms with Gasteiger partial charge in [-0.25, -0.2) is 4.98 Å². The molecule has 0 saturated carbocycles. The first-order valence-electron chi connectivity index (χ1n) is 10.3. The first-order chi connectivity index (χ1) is 14.5. The van der Waals surface area contributed by atoms with Gasteiger partial charge in [0.2, 0.25) is 5.88 Å². The van der Waals surface area contributed by atoms with Crippen molar-refractivity contribution < 1.29 is 9.94 Å². The van der Waals surface area contributed by atoms with E-state index in [-0.39, 0.29) is 6.04 Å². The van der Waals surface area contributed by atoms with Crippen molar-refractivity contribution in [3.05, 3.63) is 88.6 Å². The standard InChI is InChI=1S/C25H27N3O2/c1-16(2)20-12-17(3)13-21(14-20)30-24-11-9-19(15-26-24)25(28-29)27-23-10-8-18-6-4-5-7-22(18)23/h4-7,9,11-16,23,29H,8,10H2,1-3H3,(H,27,28). The number of nitrogens with zero attached hydrogens (tertiary/aromatic N) is 2. The van der Waals surface area contributed by atoms with E-state index in [9.17, 15) is 5.21 Å². The molecule has 0 fully saturated rings. The van der Waals surface area contributed by atoms with E-state index in [0.29, 0.717) is 23.2 Å². The molecule has 1 unspecified atom stereocenters. The van der Waals surface area contributed by atoms with Crippen LogP contribution in [-0.2, 0) is 6.42 Å². The summed E-state index contributed by atoms with van der Waals surface area (Å²) < 4.78 is 5.96. The largest absolute Gasteiger partial charge is 0.439 e. The summed E-state index contributed by atoms with van der Waals surface area (Å²) in [7, 11) is 0. The molecule has 1 heterocycles. The van der Waals surface area contributed by atoms with Gasteiger partial charge in [-0.1, -0.05) is 44.2 Å². The minimum absolute atomic E-state index is 0.0357. The van der Waals surface area contributed by atoms with E-state index in [0.717, 1.165) is 24.2 Å². The van der Waals surface area contributed by atoms with Gasteiger partial charge in [0.25, 0.3) is 0 Å². The molecule has 2 aromatic carbocycles. The third-order valence-electron chi connectivity index (χ3n) is 5.46. The molecule has 4 rings (SSSR count). The second kappa shape index (κ2) is 8.67. The molecule has 0 saturated heterocycles. The second-order valence-corrected chi connectivity index (χ2v) is 8.06. The predicted molar refractivity (Wildman–Crippen MR) is 119 cm³/mol. The zero-order valence-electron chi connectivity index (χ0n) is 17.6. The fourth-order valence-corrected chi connectivity index (χ4v) is 3.86. The molecule has 5 heteroatoms. The highest BCUT2D eigenvalue weighted by molar-refractivity contribution is 5.98. The Balaban J connectivity index is 1.53. The van der Waals surface area contributed by atoms with Gasteiger partial charge in [0.15, 0.2) is 5.84 Å². The maximum Gasteiger partial charge on any atom is 0.219 e. The molecular formula is C25H27N3O2. The van der Waals surface area contributed by atoms with Crippen molar-refractivity contribution in [1.29, 1.82) is 0 Å². The normalized spacial score (nSPS) is 15.9. The molecular weight excluding hydrogens is 374 g/mol. The average molecular weight is 402 g/mol. The second-order valence-electron chi connectivity index (χ2n) is 8.06. The molecule has 1 aliphatic rings. The topological polar surface area (TPSA) is 66.7 Å². The van der Waals surface area contributed by atoms with Gasteiger partial charge < -0.3 is 4.74 Å². The minimum atomic E-state index is 0.0357. The summed E-state index contributed by atoms with van der Waals surface area (Å²) in [4.78, 5) is 9.15. The van der Waals surface area contributed by atoms with Gasteiger partial charge in [-0.2, -0.15) is 0 Å². The van der Waals surface area contributed by atoms with E-state index >= 15 is 0 Å². The first-order valence-corrected chi connectivity index (χ1v) is 10.3. The van der Waals surface area contributed by atoms with Crippen LogP contribution in [0.2, 0.25) is 0 Å². The Morgan fingerprint density at radius 3 is 2.73 bits per heavy atom. The Kier molecular flexibility index (Phi) is 5.81. The van der Waals surface area contributed by atoms with Gasteiger partial charge >= 0.3 is 0 Å². The smallest absolute Gasteiger partial charge is 0.219 e. The van der Waals surface area contributed by atoms with Crippen molar-refractivity contribution in [3.63, 3.8) is 0 Å². The Bertz CT molecular complexity index is 1060. The van der Waals surface area contributed by atoms with E-state index in [1.54, 1.807) is 12.3 Å². The molecule has 1 aliphatic carbocycles. The van der Waals surface area contributed by atoms with Crippen molar-refractivity contribution in [1.82, 2.24) is 10.5 Å². The molecule has 0 aliphatic heterocycles. The number of aryl methyl sites for hydroxylation is 2. The molecule has 3 aromatic rings. The summed E-state index contributed by atoms with van der Waals surface area (Å²) in [5, 5.41) is 9.67. The molecule has 5 nitrogen and oxygen atoms in total. The number of ether oxygens (including phenoxy) is 1. The SMILES string of the molecule is Cc1cc(Oc2ccc(C(=NC3CCc4ccccc43)NO)cn2)cc(C(C)C)c1. The summed E-state index contributed by atoms with van der Waals surface area (Å²) in [5.74, 6) is 2.12. The van der Waals surface area contributed by atoms with Crippen LogP contribution in [0.4, 0.5) is 0 Å². The van der Waals surface area contributed by atoms with Gasteiger partial charge in [-0.15, -0.1) is 0 Å². The number of aliphatic imine (C=N–C) groups is 1. The summed E-state index contributed by atoms with van der Waals surface area (Å²) in [6.45, 7) is 6.39. The van der Waals surface area contributed by atoms with Gasteiger partial charge in [0.05, 0.1) is 6.04 Å². The lowest BCUT2D eigenvalue weighted by molar-refractivity contribution is 0.234. The predicted octanol–water partition coefficient (Wildman–Crippen LogP) is 5.72. The fraction of sp³-hybridized carbons (Fsp3) is 0.280. The zero-order chi connectivity index (χ0) is 21.1. The maximum absolute atomic E-state index is 9.67. The summed E-state index contributed by atoms with van der Waals surface area (Å²) in [6, 6.07) is 18.2. The van der Waals surface area contributed by atoms with Gasteiger partial charge in [-0.05, 0) is 66.1 Å². The lowest BCUT2D eigenvalue weighted by Crippen LogP contribution is -2.21. The first kappa shape index (κ1) is 20.1. The van der Waals surface area contributed by atoms with Crippen molar-refractivity contribution in [2.75, 3.05) is 0 Å². The van der Waals surface area contributed by atoms with Crippen molar-refractivity contribution in [2.45, 2.75) is 45.6 Å². The fourth-order valence-electron chi connectivity index (χ4n) is 3.86. The number of nitrogens with one attached hydrogen (secondary N) is 1. The van der Waals surface area contributed by atoms with Gasteiger partial charge in [-0.3, -0.25) is 15.7 Å². The number of hydroxylamine groups is 1. The van der Waals surface area contributed by atoms with E-state index in [4.69, 9.17) is 9.73 Å². The molecule has 0 spiro atoms. The highest BCUT2D eigenvalue weighted by Crippen LogP contribution is 2.34. The number of benzene rings is 2. The van der Waals surface area contributed by atoms with Crippen LogP contribution in [0, 0.1) is 6.92 Å². The van der Waals surface area contributed by atoms with E-state index < -0.39 is 0 Å². The van der Waals surface area contributed by atoms with E-state index in [1.165, 1.54) is 16.7 Å². The Morgan fingerprint density at radius 2 is 2.00 bits per heavy atom. The Hall–Kier alpha value is -3.18. The molecule has 2 N–H and O–H groups in total. The van der Waals surface area contributed by atoms with E-state index in [2.05, 4.69) is 55.5 Å². The Labute approximate surface area is 177 Å². The number of rotatable bonds is 5. The average Bonchev–Trinajstić information content (AvgIpc) is 3.15. The van der Waals surface area contributed by atoms with Crippen LogP contribution in [0.3, 0.4) is 0 Å². The molecule has 0 radical (unpaired) electrons. The molecule has 1 atom stereocenters. The molecule has 154 valence electrons. The van der Waals surface area contributed by atoms with Gasteiger partial charge in [0, 0.05) is 17.8 Å². The van der Waals surface area contributed by atoms with Crippen LogP contribution >= 0.6 is 0 Å². The molecule has 1 aromatic heterocycles. The quantitative estimate of drug-likeness (QED) is 0.326. The minimum Gasteiger partial charge on any atom is -0.439 e. The third kappa shape index (κ3) is 4.36. The summed E-state index contributed by atoms with van der Waals surface area (Å²) in [5.41, 5.74) is 7.89. The monoisotopic (exact) mass is 401 g/mol. The number of hydrogen-bond donors (Lipinski definition) is 2. The highest BCUT2D eigenvalue weighted by Gasteiger charge is 2.22. The molecule has 0 amide bonds. The van der Waals surface area contributed by atoms with Gasteiger partial charge in [0.1, 0.15) is 5.75 Å². The van der Waals surface area contributed by atoms with Crippen molar-refractivity contribution >= 4 is 5.84 Å². The van der Waals surface area contributed by atoms with Crippen molar-refractivity contribution in [3.8, 4) is 11.6 Å². The summed E-state index contributed by atoms with van der Waals surface area (Å²) >= 11 is 0. The number of pyridine rings is 1. The lowest BCUT2D eigenvalue weighted by Gasteiger charge is -2.12. The van der Waals surface area contributed by atoms with Crippen LogP contribution in [0.1, 0.15) is 60.0 Å². The number of hydrogen-bond acceptors (Lipinski definition) is 4. The van der Waals surface area contributed by atoms with E-state index in [1.807, 2.05) is 24.3 Å². The number of fused-ring (bicyclic) bond motifs is 1. The third-order valence-corrected chi connectivity index (χ3v) is 5.46. The Morgan fingerprint density at radius 1 is 1.17 bits per heavy atom. The molecule has 30 heavy (non-hydrogen) atoms. The highest BCUT2D eigenvalue weighted by atomic mass is 16.5. The zero-order valence-corrected chi connectivity index (χ0v) is 17.6. The van der Waals surface area contributed by atoms with Crippen LogP contribution < -0.4 is 10.2 Å². The van der Waals surface area contributed by atoms with Crippen molar-refractivity contribution in [2.24, 2.45) is 4.99 Å². The number of aromatic nitrogens is 1. The number of amidine groups is 1. The van der Waals surface area contributed by atoms with Crippen LogP contribution in [0.25, 0.3) is 0 Å². The summed E-state index contributed by atoms with van der Waals surface area (Å²) in [6.07, 6.45) is 3.60. The maximum atomic E-state index is 9.67. The van der Waals surface area contributed by atoms with Crippen LogP contribution in [0.15, 0.2) is 65.8 Å².